The minimum Gasteiger partial charge on any atom is -0.103 e. The first kappa shape index (κ1) is 148. The smallest absolute Gasteiger partial charge is 0.0262 e. The number of allylic oxidation sites excluding steroid dienone is 31. The molecule has 0 rings (SSSR count). The van der Waals surface area contributed by atoms with Gasteiger partial charge in [-0.15, -0.1) is 13.2 Å². The van der Waals surface area contributed by atoms with Crippen molar-refractivity contribution in [1.82, 2.24) is 0 Å². The van der Waals surface area contributed by atoms with Crippen LogP contribution in [0.3, 0.4) is 0 Å². The summed E-state index contributed by atoms with van der Waals surface area (Å²) in [6.45, 7) is 109. The van der Waals surface area contributed by atoms with E-state index < -0.39 is 0 Å². The van der Waals surface area contributed by atoms with Crippen LogP contribution in [0.4, 0.5) is 0 Å². The van der Waals surface area contributed by atoms with Crippen LogP contribution in [0.5, 0.6) is 0 Å². The Morgan fingerprint density at radius 1 is 0.215 bits per heavy atom. The van der Waals surface area contributed by atoms with Crippen molar-refractivity contribution in [3.05, 3.63) is 214 Å². The first-order chi connectivity index (χ1) is 63.5. The molecule has 0 amide bonds. The Labute approximate surface area is 857 Å². The van der Waals surface area contributed by atoms with Crippen LogP contribution >= 0.6 is 0 Å². The van der Waals surface area contributed by atoms with Gasteiger partial charge in [-0.25, -0.2) is 0 Å². The fourth-order valence-corrected chi connectivity index (χ4v) is 14.6. The summed E-state index contributed by atoms with van der Waals surface area (Å²) in [6, 6.07) is 0. The van der Waals surface area contributed by atoms with Crippen LogP contribution in [0.25, 0.3) is 0 Å². The van der Waals surface area contributed by atoms with Gasteiger partial charge < -0.3 is 0 Å². The van der Waals surface area contributed by atoms with E-state index in [2.05, 4.69) is 395 Å². The third kappa shape index (κ3) is 142. The Morgan fingerprint density at radius 2 is 0.452 bits per heavy atom. The van der Waals surface area contributed by atoms with Crippen LogP contribution in [0, 0.1) is 71.0 Å². The lowest BCUT2D eigenvalue weighted by Gasteiger charge is -2.11. The van der Waals surface area contributed by atoms with E-state index in [0.29, 0.717) is 11.8 Å². The first-order valence-electron chi connectivity index (χ1n) is 57.1. The summed E-state index contributed by atoms with van der Waals surface area (Å²) in [5, 5.41) is 0. The topological polar surface area (TPSA) is 0 Å². The third-order valence-corrected chi connectivity index (χ3v) is 26.3. The summed E-state index contributed by atoms with van der Waals surface area (Å²) < 4.78 is 0. The van der Waals surface area contributed by atoms with Crippen LogP contribution in [-0.4, -0.2) is 0 Å². The Hall–Kier alpha value is -4.68. The Balaban J connectivity index is -0.000000189. The highest BCUT2D eigenvalue weighted by Gasteiger charge is 2.09. The normalized spacial score (nSPS) is 13.6. The van der Waals surface area contributed by atoms with Gasteiger partial charge in [0.05, 0.1) is 0 Å². The second kappa shape index (κ2) is 110. The zero-order chi connectivity index (χ0) is 105. The maximum atomic E-state index is 4.05. The molecule has 0 N–H and O–H groups in total. The van der Waals surface area contributed by atoms with Crippen molar-refractivity contribution >= 4 is 0 Å². The summed E-state index contributed by atoms with van der Waals surface area (Å²) in [6.07, 6.45) is 97.1. The van der Waals surface area contributed by atoms with Crippen molar-refractivity contribution in [2.45, 2.75) is 579 Å². The molecule has 0 saturated carbocycles. The molecule has 0 aromatic heterocycles. The minimum absolute atomic E-state index is 0.657. The van der Waals surface area contributed by atoms with Crippen LogP contribution in [-0.2, 0) is 0 Å². The molecule has 0 aliphatic heterocycles. The van der Waals surface area contributed by atoms with E-state index in [9.17, 15) is 0 Å². The van der Waals surface area contributed by atoms with Crippen molar-refractivity contribution in [2.24, 2.45) is 71.0 Å². The zero-order valence-electron chi connectivity index (χ0n) is 100. The predicted octanol–water partition coefficient (Wildman–Crippen LogP) is 49.1. The van der Waals surface area contributed by atoms with Gasteiger partial charge in [0.25, 0.3) is 0 Å². The summed E-state index contributed by atoms with van der Waals surface area (Å²) in [5.74, 6) is 9.98. The molecule has 0 radical (unpaired) electrons. The number of rotatable bonds is 68. The minimum atomic E-state index is 0.657. The second-order valence-electron chi connectivity index (χ2n) is 45.2. The van der Waals surface area contributed by atoms with Gasteiger partial charge in [-0.3, -0.25) is 0 Å². The molecule has 8 atom stereocenters. The fraction of sp³-hybridized carbons (Fsp3) is 0.733. The van der Waals surface area contributed by atoms with E-state index in [1.807, 2.05) is 12.2 Å². The highest BCUT2D eigenvalue weighted by atomic mass is 14.1. The van der Waals surface area contributed by atoms with Crippen LogP contribution in [0.2, 0.25) is 0 Å². The molecule has 0 aliphatic rings. The maximum Gasteiger partial charge on any atom is -0.0262 e. The Bertz CT molecular complexity index is 3080. The van der Waals surface area contributed by atoms with Crippen LogP contribution in [0.1, 0.15) is 579 Å². The molecule has 8 unspecified atom stereocenters. The van der Waals surface area contributed by atoms with Crippen molar-refractivity contribution in [3.63, 3.8) is 0 Å². The van der Waals surface area contributed by atoms with E-state index in [4.69, 9.17) is 0 Å². The van der Waals surface area contributed by atoms with Gasteiger partial charge in [0, 0.05) is 0 Å². The SMILES string of the molecule is C/C=C(\C)CC/C=C(\C)CCCC(C)C.C/C=C(\C)CCCC(C)CCC=C(C)C.C=C(CC)CC/C=C(\C)CCCC(C)C.C=C(CC)CCCC(C)CCC=C(C)C.C=C/C(C)=C/CCC(C)CCCC(C)C.C=CC(C)CC/C=C(\C)CCCC(C)C.C=CC(C)CCCC(C)CCC=C(C)C.CC/C(C)=C/CCC(C)CCC=C(C)C.CCC(C)CC/C=C(\C)CCC=C(C)C. The molecular weight excluding hydrogens is 1620 g/mol. The molecule has 0 spiro atoms. The van der Waals surface area contributed by atoms with Crippen molar-refractivity contribution in [3.8, 4) is 0 Å². The van der Waals surface area contributed by atoms with Gasteiger partial charge in [-0.2, -0.15) is 0 Å². The standard InChI is InChI=1S/9C15H28/c9*1-6-14(4)10-8-12-15(5)11-7-9-13(2)3/h9,12,14H,6-8,10-11H2,1-5H3;9-10,15H,6-8,11-12H2,1-5H3;6,12-13H,7-11H2,1-5H3;6,9,15H,7-8,10-12H2,1-5H3;12-13H,4,6-11H2,1-3,5H3;9,15H,4,6-8,10-12H2,1-3,5H3;6,12-14H,1,7-11H2,2-5H3;6,10,13,15H,1,7-9,11-12H2,2-5H3;6,9,14-15H,1,7-8,10-12H2,2-5H3/b15-12+;14-10+;14-6+,15-12+;14-6+;15-12+;;15-12+;14-10+;. The van der Waals surface area contributed by atoms with E-state index in [0.717, 1.165) is 78.4 Å². The molecule has 0 heteroatoms. The van der Waals surface area contributed by atoms with Gasteiger partial charge in [-0.1, -0.05) is 410 Å². The van der Waals surface area contributed by atoms with Crippen molar-refractivity contribution in [1.29, 1.82) is 0 Å². The van der Waals surface area contributed by atoms with Crippen LogP contribution in [0.15, 0.2) is 214 Å². The average molecular weight is 1880 g/mol. The average Bonchev–Trinajstić information content (AvgIpc) is 1.05. The van der Waals surface area contributed by atoms with Gasteiger partial charge in [0.1, 0.15) is 0 Å². The number of hydrogen-bond acceptors (Lipinski definition) is 0. The van der Waals surface area contributed by atoms with E-state index in [-0.39, 0.29) is 0 Å². The summed E-state index contributed by atoms with van der Waals surface area (Å²) in [4.78, 5) is 0. The molecule has 0 fully saturated rings. The molecule has 0 aliphatic carbocycles. The largest absolute Gasteiger partial charge is 0.103 e. The van der Waals surface area contributed by atoms with E-state index in [1.54, 1.807) is 22.3 Å². The monoisotopic (exact) mass is 1870 g/mol. The molecule has 0 aromatic rings. The zero-order valence-corrected chi connectivity index (χ0v) is 100. The summed E-state index contributed by atoms with van der Waals surface area (Å²) in [5.41, 5.74) is 22.1. The van der Waals surface area contributed by atoms with Gasteiger partial charge in [-0.05, 0) is 441 Å². The van der Waals surface area contributed by atoms with Gasteiger partial charge in [0.2, 0.25) is 0 Å². The maximum absolute atomic E-state index is 4.05. The molecular formula is C135H252. The van der Waals surface area contributed by atoms with Crippen molar-refractivity contribution < 1.29 is 0 Å². The molecule has 0 heterocycles. The lowest BCUT2D eigenvalue weighted by molar-refractivity contribution is 0.439. The van der Waals surface area contributed by atoms with Gasteiger partial charge >= 0.3 is 0 Å². The molecule has 0 nitrogen and oxygen atoms in total. The predicted molar refractivity (Wildman–Crippen MR) is 640 cm³/mol. The van der Waals surface area contributed by atoms with E-state index in [1.165, 1.54) is 344 Å². The highest BCUT2D eigenvalue weighted by Crippen LogP contribution is 2.25. The quantitative estimate of drug-likeness (QED) is 0.0421. The van der Waals surface area contributed by atoms with Gasteiger partial charge in [0.15, 0.2) is 0 Å². The Kier molecular flexibility index (Phi) is 120. The van der Waals surface area contributed by atoms with Crippen molar-refractivity contribution in [2.75, 3.05) is 0 Å². The molecule has 792 valence electrons. The molecule has 0 saturated heterocycles. The number of hydrogen-bond donors (Lipinski definition) is 0. The second-order valence-corrected chi connectivity index (χ2v) is 45.2. The Morgan fingerprint density at radius 3 is 0.785 bits per heavy atom. The first-order valence-corrected chi connectivity index (χ1v) is 57.1. The third-order valence-electron chi connectivity index (χ3n) is 26.3. The highest BCUT2D eigenvalue weighted by molar-refractivity contribution is 5.13. The summed E-state index contributed by atoms with van der Waals surface area (Å²) >= 11 is 0. The summed E-state index contributed by atoms with van der Waals surface area (Å²) in [7, 11) is 0. The van der Waals surface area contributed by atoms with E-state index >= 15 is 0 Å². The molecule has 135 heavy (non-hydrogen) atoms. The fourth-order valence-electron chi connectivity index (χ4n) is 14.6. The van der Waals surface area contributed by atoms with Crippen LogP contribution < -0.4 is 0 Å². The lowest BCUT2D eigenvalue weighted by Crippen LogP contribution is -1.96. The lowest BCUT2D eigenvalue weighted by atomic mass is 9.95. The molecule has 0 aromatic carbocycles. The molecule has 0 bridgehead atoms.